The van der Waals surface area contributed by atoms with Crippen LogP contribution in [0.2, 0.25) is 0 Å². The van der Waals surface area contributed by atoms with Crippen LogP contribution in [0.3, 0.4) is 0 Å². The number of rotatable bonds is 5. The summed E-state index contributed by atoms with van der Waals surface area (Å²) in [4.78, 5) is 11.9. The van der Waals surface area contributed by atoms with Gasteiger partial charge in [-0.15, -0.1) is 0 Å². The van der Waals surface area contributed by atoms with E-state index in [1.807, 2.05) is 26.8 Å². The molecule has 0 unspecified atom stereocenters. The lowest BCUT2D eigenvalue weighted by atomic mass is 9.93. The average molecular weight is 308 g/mol. The summed E-state index contributed by atoms with van der Waals surface area (Å²) < 4.78 is 11.3. The van der Waals surface area contributed by atoms with Crippen LogP contribution in [-0.4, -0.2) is 29.9 Å². The molecule has 0 bridgehead atoms. The van der Waals surface area contributed by atoms with Crippen molar-refractivity contribution in [2.24, 2.45) is 0 Å². The van der Waals surface area contributed by atoms with Gasteiger partial charge < -0.3 is 14.8 Å². The predicted octanol–water partition coefficient (Wildman–Crippen LogP) is 3.70. The second-order valence-electron chi connectivity index (χ2n) is 6.70. The van der Waals surface area contributed by atoms with Gasteiger partial charge in [0.1, 0.15) is 5.60 Å². The van der Waals surface area contributed by atoms with Gasteiger partial charge in [-0.25, -0.2) is 4.79 Å². The number of hydrogen-bond donors (Lipinski definition) is 1. The highest BCUT2D eigenvalue weighted by molar-refractivity contribution is 5.68. The number of carbonyl (C=O) groups excluding carboxylic acids is 1. The summed E-state index contributed by atoms with van der Waals surface area (Å²) in [6.07, 6.45) is 4.55. The van der Waals surface area contributed by atoms with Gasteiger partial charge in [0.05, 0.1) is 18.3 Å². The number of nitrogens with zero attached hydrogens (tertiary/aromatic N) is 1. The van der Waals surface area contributed by atoms with Crippen LogP contribution in [0.25, 0.3) is 0 Å². The van der Waals surface area contributed by atoms with Crippen molar-refractivity contribution in [1.29, 1.82) is 5.26 Å². The zero-order chi connectivity index (χ0) is 16.8. The summed E-state index contributed by atoms with van der Waals surface area (Å²) in [5.74, 6) is 0. The normalized spacial score (nSPS) is 22.0. The molecule has 2 atom stereocenters. The Labute approximate surface area is 133 Å². The Morgan fingerprint density at radius 1 is 1.45 bits per heavy atom. The van der Waals surface area contributed by atoms with E-state index in [9.17, 15) is 10.1 Å². The van der Waals surface area contributed by atoms with E-state index in [2.05, 4.69) is 25.2 Å². The molecule has 0 aromatic heterocycles. The standard InChI is InChI=1S/C17H28N2O3/c1-6-14(7-2)21-15-9-12(11-18)8-13(10-15)19-16(20)22-17(3,4)5/h9,13-15H,6-8,10H2,1-5H3,(H,19,20)/t13-,15+/m0/s1. The number of alkyl carbamates (subject to hydrolysis) is 1. The number of carbonyl (C=O) groups is 1. The molecule has 1 N–H and O–H groups in total. The van der Waals surface area contributed by atoms with Crippen LogP contribution in [0, 0.1) is 11.3 Å². The van der Waals surface area contributed by atoms with E-state index in [1.54, 1.807) is 0 Å². The molecule has 1 aliphatic rings. The van der Waals surface area contributed by atoms with Crippen LogP contribution in [0.1, 0.15) is 60.3 Å². The molecule has 0 spiro atoms. The van der Waals surface area contributed by atoms with Crippen molar-refractivity contribution in [2.45, 2.75) is 84.2 Å². The smallest absolute Gasteiger partial charge is 0.407 e. The lowest BCUT2D eigenvalue weighted by Gasteiger charge is -2.30. The Bertz CT molecular complexity index is 442. The van der Waals surface area contributed by atoms with Gasteiger partial charge >= 0.3 is 6.09 Å². The summed E-state index contributed by atoms with van der Waals surface area (Å²) >= 11 is 0. The highest BCUT2D eigenvalue weighted by Crippen LogP contribution is 2.23. The average Bonchev–Trinajstić information content (AvgIpc) is 2.42. The number of ether oxygens (including phenoxy) is 2. The molecule has 124 valence electrons. The Morgan fingerprint density at radius 3 is 2.59 bits per heavy atom. The van der Waals surface area contributed by atoms with Crippen LogP contribution in [0.4, 0.5) is 4.79 Å². The molecule has 22 heavy (non-hydrogen) atoms. The highest BCUT2D eigenvalue weighted by atomic mass is 16.6. The lowest BCUT2D eigenvalue weighted by molar-refractivity contribution is -0.00338. The first kappa shape index (κ1) is 18.5. The van der Waals surface area contributed by atoms with E-state index in [-0.39, 0.29) is 18.2 Å². The molecule has 0 radical (unpaired) electrons. The SMILES string of the molecule is CCC(CC)O[C@@H]1C=C(C#N)C[C@H](NC(=O)OC(C)(C)C)C1. The molecule has 0 saturated carbocycles. The summed E-state index contributed by atoms with van der Waals surface area (Å²) in [6, 6.07) is 2.05. The molecule has 5 nitrogen and oxygen atoms in total. The molecule has 0 heterocycles. The van der Waals surface area contributed by atoms with E-state index >= 15 is 0 Å². The van der Waals surface area contributed by atoms with Crippen LogP contribution >= 0.6 is 0 Å². The molecular formula is C17H28N2O3. The maximum atomic E-state index is 11.9. The third kappa shape index (κ3) is 6.48. The second-order valence-corrected chi connectivity index (χ2v) is 6.70. The maximum absolute atomic E-state index is 11.9. The van der Waals surface area contributed by atoms with Gasteiger partial charge in [0.2, 0.25) is 0 Å². The van der Waals surface area contributed by atoms with Gasteiger partial charge in [0.15, 0.2) is 0 Å². The minimum atomic E-state index is -0.530. The maximum Gasteiger partial charge on any atom is 0.407 e. The highest BCUT2D eigenvalue weighted by Gasteiger charge is 2.27. The number of hydrogen-bond acceptors (Lipinski definition) is 4. The van der Waals surface area contributed by atoms with Crippen molar-refractivity contribution in [2.75, 3.05) is 0 Å². The van der Waals surface area contributed by atoms with Gasteiger partial charge in [-0.05, 0) is 46.1 Å². The zero-order valence-corrected chi connectivity index (χ0v) is 14.3. The van der Waals surface area contributed by atoms with Crippen molar-refractivity contribution in [3.63, 3.8) is 0 Å². The number of nitriles is 1. The summed E-state index contributed by atoms with van der Waals surface area (Å²) in [5, 5.41) is 12.0. The minimum absolute atomic E-state index is 0.131. The summed E-state index contributed by atoms with van der Waals surface area (Å²) in [5.41, 5.74) is 0.126. The van der Waals surface area contributed by atoms with Gasteiger partial charge in [0.25, 0.3) is 0 Å². The molecule has 5 heteroatoms. The fraction of sp³-hybridized carbons (Fsp3) is 0.765. The van der Waals surface area contributed by atoms with Gasteiger partial charge in [-0.1, -0.05) is 13.8 Å². The Hall–Kier alpha value is -1.54. The molecule has 1 amide bonds. The second kappa shape index (κ2) is 8.19. The monoisotopic (exact) mass is 308 g/mol. The van der Waals surface area contributed by atoms with Crippen LogP contribution in [-0.2, 0) is 9.47 Å². The first-order valence-electron chi connectivity index (χ1n) is 8.03. The Morgan fingerprint density at radius 2 is 2.09 bits per heavy atom. The molecule has 1 rings (SSSR count). The van der Waals surface area contributed by atoms with Crippen molar-refractivity contribution in [1.82, 2.24) is 5.32 Å². The third-order valence-electron chi connectivity index (χ3n) is 3.51. The minimum Gasteiger partial charge on any atom is -0.444 e. The van der Waals surface area contributed by atoms with Crippen LogP contribution in [0.15, 0.2) is 11.6 Å². The number of nitrogens with one attached hydrogen (secondary N) is 1. The zero-order valence-electron chi connectivity index (χ0n) is 14.3. The lowest BCUT2D eigenvalue weighted by Crippen LogP contribution is -2.43. The van der Waals surface area contributed by atoms with E-state index in [1.165, 1.54) is 0 Å². The first-order valence-corrected chi connectivity index (χ1v) is 8.03. The molecule has 0 aliphatic heterocycles. The molecule has 0 fully saturated rings. The van der Waals surface area contributed by atoms with Crippen molar-refractivity contribution >= 4 is 6.09 Å². The topological polar surface area (TPSA) is 71.3 Å². The summed E-state index contributed by atoms with van der Waals surface area (Å²) in [6.45, 7) is 9.65. The van der Waals surface area contributed by atoms with Gasteiger partial charge in [-0.2, -0.15) is 5.26 Å². The molecule has 1 aliphatic carbocycles. The van der Waals surface area contributed by atoms with E-state index in [4.69, 9.17) is 9.47 Å². The molecule has 0 aromatic rings. The van der Waals surface area contributed by atoms with Crippen molar-refractivity contribution in [3.05, 3.63) is 11.6 Å². The first-order chi connectivity index (χ1) is 10.3. The van der Waals surface area contributed by atoms with E-state index in [0.717, 1.165) is 12.8 Å². The van der Waals surface area contributed by atoms with Crippen molar-refractivity contribution in [3.8, 4) is 6.07 Å². The predicted molar refractivity (Wildman–Crippen MR) is 85.3 cm³/mol. The largest absolute Gasteiger partial charge is 0.444 e. The van der Waals surface area contributed by atoms with Gasteiger partial charge in [0, 0.05) is 18.0 Å². The fourth-order valence-electron chi connectivity index (χ4n) is 2.48. The van der Waals surface area contributed by atoms with Gasteiger partial charge in [-0.3, -0.25) is 0 Å². The fourth-order valence-corrected chi connectivity index (χ4v) is 2.48. The summed E-state index contributed by atoms with van der Waals surface area (Å²) in [7, 11) is 0. The van der Waals surface area contributed by atoms with E-state index in [0.29, 0.717) is 18.4 Å². The molecule has 0 aromatic carbocycles. The third-order valence-corrected chi connectivity index (χ3v) is 3.51. The Balaban J connectivity index is 2.65. The van der Waals surface area contributed by atoms with Crippen LogP contribution < -0.4 is 5.32 Å². The Kier molecular flexibility index (Phi) is 6.89. The molecule has 0 saturated heterocycles. The molecular weight excluding hydrogens is 280 g/mol. The van der Waals surface area contributed by atoms with E-state index < -0.39 is 11.7 Å². The van der Waals surface area contributed by atoms with Crippen LogP contribution in [0.5, 0.6) is 0 Å². The quantitative estimate of drug-likeness (QED) is 0.840. The number of amides is 1. The van der Waals surface area contributed by atoms with Crippen molar-refractivity contribution < 1.29 is 14.3 Å².